The van der Waals surface area contributed by atoms with Crippen LogP contribution in [-0.4, -0.2) is 24.7 Å². The van der Waals surface area contributed by atoms with E-state index < -0.39 is 5.60 Å². The maximum Gasteiger partial charge on any atom is 0.256 e. The summed E-state index contributed by atoms with van der Waals surface area (Å²) in [6.45, 7) is 8.91. The van der Waals surface area contributed by atoms with Gasteiger partial charge in [-0.1, -0.05) is 33.1 Å². The largest absolute Gasteiger partial charge is 0.494 e. The lowest BCUT2D eigenvalue weighted by Crippen LogP contribution is -2.43. The summed E-state index contributed by atoms with van der Waals surface area (Å²) in [5.41, 5.74) is -0.0280. The first-order valence-corrected chi connectivity index (χ1v) is 9.13. The summed E-state index contributed by atoms with van der Waals surface area (Å²) in [5, 5.41) is 12.2. The second-order valence-electron chi connectivity index (χ2n) is 6.24. The van der Waals surface area contributed by atoms with Crippen LogP contribution in [0.1, 0.15) is 65.4 Å². The van der Waals surface area contributed by atoms with Gasteiger partial charge in [-0.05, 0) is 44.9 Å². The summed E-state index contributed by atoms with van der Waals surface area (Å²) in [7, 11) is 0. The van der Waals surface area contributed by atoms with Crippen molar-refractivity contribution >= 4 is 11.6 Å². The van der Waals surface area contributed by atoms with Gasteiger partial charge in [0.15, 0.2) is 0 Å². The third-order valence-corrected chi connectivity index (χ3v) is 4.03. The SMILES string of the molecule is CCCCC[C@](C)(OCCC)C(=O)Nc1ccc(OCC)cc1C#N. The number of nitrogens with zero attached hydrogens (tertiary/aromatic N) is 1. The van der Waals surface area contributed by atoms with Crippen molar-refractivity contribution in [1.82, 2.24) is 0 Å². The number of rotatable bonds is 11. The highest BCUT2D eigenvalue weighted by atomic mass is 16.5. The van der Waals surface area contributed by atoms with Gasteiger partial charge in [-0.15, -0.1) is 0 Å². The minimum absolute atomic E-state index is 0.210. The molecule has 5 nitrogen and oxygen atoms in total. The van der Waals surface area contributed by atoms with E-state index in [1.807, 2.05) is 20.8 Å². The van der Waals surface area contributed by atoms with E-state index in [0.29, 0.717) is 36.6 Å². The van der Waals surface area contributed by atoms with E-state index in [9.17, 15) is 10.1 Å². The predicted octanol–water partition coefficient (Wildman–Crippen LogP) is 4.66. The molecule has 1 atom stereocenters. The molecule has 0 aliphatic heterocycles. The van der Waals surface area contributed by atoms with Gasteiger partial charge >= 0.3 is 0 Å². The lowest BCUT2D eigenvalue weighted by Gasteiger charge is -2.29. The first kappa shape index (κ1) is 21.0. The fraction of sp³-hybridized carbons (Fsp3) is 0.600. The molecule has 1 rings (SSSR count). The van der Waals surface area contributed by atoms with E-state index in [2.05, 4.69) is 18.3 Å². The van der Waals surface area contributed by atoms with Gasteiger partial charge in [0.1, 0.15) is 17.4 Å². The maximum atomic E-state index is 12.8. The summed E-state index contributed by atoms with van der Waals surface area (Å²) in [6.07, 6.45) is 4.58. The Labute approximate surface area is 151 Å². The number of benzene rings is 1. The lowest BCUT2D eigenvalue weighted by atomic mass is 9.96. The van der Waals surface area contributed by atoms with Crippen LogP contribution < -0.4 is 10.1 Å². The van der Waals surface area contributed by atoms with Crippen molar-refractivity contribution < 1.29 is 14.3 Å². The predicted molar refractivity (Wildman–Crippen MR) is 99.7 cm³/mol. The van der Waals surface area contributed by atoms with Gasteiger partial charge in [-0.2, -0.15) is 5.26 Å². The van der Waals surface area contributed by atoms with Gasteiger partial charge < -0.3 is 14.8 Å². The molecule has 5 heteroatoms. The molecular weight excluding hydrogens is 316 g/mol. The van der Waals surface area contributed by atoms with Gasteiger partial charge in [0.25, 0.3) is 5.91 Å². The van der Waals surface area contributed by atoms with Crippen LogP contribution in [0.4, 0.5) is 5.69 Å². The monoisotopic (exact) mass is 346 g/mol. The van der Waals surface area contributed by atoms with Crippen molar-refractivity contribution in [2.45, 2.75) is 65.4 Å². The van der Waals surface area contributed by atoms with Crippen molar-refractivity contribution in [3.05, 3.63) is 23.8 Å². The summed E-state index contributed by atoms with van der Waals surface area (Å²) in [5.74, 6) is 0.405. The number of carbonyl (C=O) groups is 1. The Kier molecular flexibility index (Phi) is 9.01. The highest BCUT2D eigenvalue weighted by Gasteiger charge is 2.34. The highest BCUT2D eigenvalue weighted by molar-refractivity contribution is 5.98. The molecule has 138 valence electrons. The Balaban J connectivity index is 2.93. The third kappa shape index (κ3) is 6.39. The van der Waals surface area contributed by atoms with Crippen LogP contribution in [0.3, 0.4) is 0 Å². The molecule has 1 aromatic carbocycles. The smallest absolute Gasteiger partial charge is 0.256 e. The van der Waals surface area contributed by atoms with Crippen LogP contribution in [0.5, 0.6) is 5.75 Å². The molecule has 0 aromatic heterocycles. The van der Waals surface area contributed by atoms with Crippen LogP contribution in [0.2, 0.25) is 0 Å². The van der Waals surface area contributed by atoms with Crippen LogP contribution in [-0.2, 0) is 9.53 Å². The first-order valence-electron chi connectivity index (χ1n) is 9.13. The standard InChI is InChI=1S/C20H30N2O3/c1-5-8-9-12-20(4,25-13-6-2)19(23)22-18-11-10-17(24-7-3)14-16(18)15-21/h10-11,14H,5-9,12-13H2,1-4H3,(H,22,23)/t20-/m0/s1. The average molecular weight is 346 g/mol. The molecule has 0 saturated carbocycles. The molecular formula is C20H30N2O3. The Bertz CT molecular complexity index is 595. The van der Waals surface area contributed by atoms with Gasteiger partial charge in [-0.3, -0.25) is 4.79 Å². The molecule has 25 heavy (non-hydrogen) atoms. The van der Waals surface area contributed by atoms with Gasteiger partial charge in [0, 0.05) is 6.61 Å². The fourth-order valence-corrected chi connectivity index (χ4v) is 2.53. The van der Waals surface area contributed by atoms with Crippen molar-refractivity contribution in [1.29, 1.82) is 5.26 Å². The molecule has 0 bridgehead atoms. The Morgan fingerprint density at radius 3 is 2.60 bits per heavy atom. The minimum Gasteiger partial charge on any atom is -0.494 e. The lowest BCUT2D eigenvalue weighted by molar-refractivity contribution is -0.140. The minimum atomic E-state index is -0.892. The van der Waals surface area contributed by atoms with Crippen LogP contribution in [0.15, 0.2) is 18.2 Å². The van der Waals surface area contributed by atoms with Crippen molar-refractivity contribution in [3.8, 4) is 11.8 Å². The van der Waals surface area contributed by atoms with E-state index in [4.69, 9.17) is 9.47 Å². The quantitative estimate of drug-likeness (QED) is 0.591. The molecule has 1 N–H and O–H groups in total. The zero-order valence-electron chi connectivity index (χ0n) is 15.9. The summed E-state index contributed by atoms with van der Waals surface area (Å²) >= 11 is 0. The Morgan fingerprint density at radius 2 is 2.00 bits per heavy atom. The molecule has 1 aromatic rings. The summed E-state index contributed by atoms with van der Waals surface area (Å²) in [4.78, 5) is 12.8. The van der Waals surface area contributed by atoms with E-state index in [1.54, 1.807) is 18.2 Å². The van der Waals surface area contributed by atoms with E-state index in [0.717, 1.165) is 25.7 Å². The number of ether oxygens (including phenoxy) is 2. The molecule has 0 aliphatic carbocycles. The Morgan fingerprint density at radius 1 is 1.24 bits per heavy atom. The van der Waals surface area contributed by atoms with E-state index >= 15 is 0 Å². The van der Waals surface area contributed by atoms with Crippen LogP contribution >= 0.6 is 0 Å². The Hall–Kier alpha value is -2.06. The van der Waals surface area contributed by atoms with Crippen molar-refractivity contribution in [2.24, 2.45) is 0 Å². The average Bonchev–Trinajstić information content (AvgIpc) is 2.61. The molecule has 0 radical (unpaired) electrons. The molecule has 0 aliphatic rings. The normalized spacial score (nSPS) is 12.9. The van der Waals surface area contributed by atoms with E-state index in [-0.39, 0.29) is 5.91 Å². The maximum absolute atomic E-state index is 12.8. The van der Waals surface area contributed by atoms with Crippen molar-refractivity contribution in [3.63, 3.8) is 0 Å². The molecule has 0 fully saturated rings. The number of carbonyl (C=O) groups excluding carboxylic acids is 1. The molecule has 0 heterocycles. The van der Waals surface area contributed by atoms with E-state index in [1.165, 1.54) is 0 Å². The van der Waals surface area contributed by atoms with Gasteiger partial charge in [0.05, 0.1) is 17.9 Å². The second-order valence-corrected chi connectivity index (χ2v) is 6.24. The summed E-state index contributed by atoms with van der Waals surface area (Å²) < 4.78 is 11.3. The molecule has 0 saturated heterocycles. The van der Waals surface area contributed by atoms with Crippen LogP contribution in [0.25, 0.3) is 0 Å². The third-order valence-electron chi connectivity index (χ3n) is 4.03. The zero-order valence-corrected chi connectivity index (χ0v) is 15.9. The fourth-order valence-electron chi connectivity index (χ4n) is 2.53. The molecule has 0 spiro atoms. The number of hydrogen-bond donors (Lipinski definition) is 1. The summed E-state index contributed by atoms with van der Waals surface area (Å²) in [6, 6.07) is 7.20. The first-order chi connectivity index (χ1) is 12.0. The number of anilines is 1. The van der Waals surface area contributed by atoms with Gasteiger partial charge in [-0.25, -0.2) is 0 Å². The van der Waals surface area contributed by atoms with Gasteiger partial charge in [0.2, 0.25) is 0 Å². The number of nitrogens with one attached hydrogen (secondary N) is 1. The zero-order chi connectivity index (χ0) is 18.7. The molecule has 1 amide bonds. The number of hydrogen-bond acceptors (Lipinski definition) is 4. The number of amides is 1. The topological polar surface area (TPSA) is 71.3 Å². The number of nitriles is 1. The van der Waals surface area contributed by atoms with Crippen LogP contribution in [0, 0.1) is 11.3 Å². The number of unbranched alkanes of at least 4 members (excludes halogenated alkanes) is 2. The second kappa shape index (κ2) is 10.7. The molecule has 0 unspecified atom stereocenters. The van der Waals surface area contributed by atoms with Crippen molar-refractivity contribution in [2.75, 3.05) is 18.5 Å². The highest BCUT2D eigenvalue weighted by Crippen LogP contribution is 2.26.